The van der Waals surface area contributed by atoms with Crippen molar-refractivity contribution in [3.8, 4) is 0 Å². The number of nitrogens with zero attached hydrogens (tertiary/aromatic N) is 3. The van der Waals surface area contributed by atoms with E-state index in [2.05, 4.69) is 15.4 Å². The minimum Gasteiger partial charge on any atom is -0.345 e. The highest BCUT2D eigenvalue weighted by Crippen LogP contribution is 2.10. The fraction of sp³-hybridized carbons (Fsp3) is 0.357. The molecule has 0 spiro atoms. The van der Waals surface area contributed by atoms with Gasteiger partial charge in [-0.2, -0.15) is 5.10 Å². The van der Waals surface area contributed by atoms with Crippen LogP contribution in [0.3, 0.4) is 0 Å². The van der Waals surface area contributed by atoms with Crippen molar-refractivity contribution in [2.75, 3.05) is 6.26 Å². The summed E-state index contributed by atoms with van der Waals surface area (Å²) in [4.78, 5) is 16.4. The van der Waals surface area contributed by atoms with Crippen molar-refractivity contribution in [3.63, 3.8) is 0 Å². The Balaban J connectivity index is 2.05. The SMILES string of the molecule is CC(C)n1ncnc1CNC(=O)c1ccc(S(C)(=O)=O)cc1. The second-order valence-electron chi connectivity index (χ2n) is 5.19. The number of carbonyl (C=O) groups excluding carboxylic acids is 1. The van der Waals surface area contributed by atoms with Gasteiger partial charge in [0, 0.05) is 17.9 Å². The lowest BCUT2D eigenvalue weighted by Gasteiger charge is -2.10. The van der Waals surface area contributed by atoms with E-state index in [1.807, 2.05) is 13.8 Å². The quantitative estimate of drug-likeness (QED) is 0.892. The average molecular weight is 322 g/mol. The van der Waals surface area contributed by atoms with Gasteiger partial charge >= 0.3 is 0 Å². The normalized spacial score (nSPS) is 11.6. The molecule has 0 unspecified atom stereocenters. The molecule has 0 bridgehead atoms. The zero-order valence-corrected chi connectivity index (χ0v) is 13.5. The molecule has 7 nitrogen and oxygen atoms in total. The zero-order valence-electron chi connectivity index (χ0n) is 12.6. The van der Waals surface area contributed by atoms with Crippen LogP contribution in [0.25, 0.3) is 0 Å². The van der Waals surface area contributed by atoms with Crippen LogP contribution in [0.2, 0.25) is 0 Å². The molecule has 1 amide bonds. The first-order valence-corrected chi connectivity index (χ1v) is 8.65. The van der Waals surface area contributed by atoms with Crippen molar-refractivity contribution < 1.29 is 13.2 Å². The minimum atomic E-state index is -3.26. The Morgan fingerprint density at radius 1 is 1.27 bits per heavy atom. The van der Waals surface area contributed by atoms with Crippen molar-refractivity contribution in [1.82, 2.24) is 20.1 Å². The molecule has 118 valence electrons. The second kappa shape index (κ2) is 6.27. The maximum absolute atomic E-state index is 12.1. The zero-order chi connectivity index (χ0) is 16.3. The van der Waals surface area contributed by atoms with E-state index in [1.54, 1.807) is 4.68 Å². The van der Waals surface area contributed by atoms with Gasteiger partial charge in [-0.25, -0.2) is 18.1 Å². The summed E-state index contributed by atoms with van der Waals surface area (Å²) in [6.45, 7) is 4.21. The summed E-state index contributed by atoms with van der Waals surface area (Å²) in [5.74, 6) is 0.370. The molecule has 1 N–H and O–H groups in total. The largest absolute Gasteiger partial charge is 0.345 e. The van der Waals surface area contributed by atoms with Crippen molar-refractivity contribution in [3.05, 3.63) is 42.0 Å². The molecule has 0 saturated carbocycles. The third-order valence-electron chi connectivity index (χ3n) is 3.09. The lowest BCUT2D eigenvalue weighted by atomic mass is 10.2. The summed E-state index contributed by atoms with van der Waals surface area (Å²) in [6.07, 6.45) is 2.57. The topological polar surface area (TPSA) is 93.9 Å². The fourth-order valence-corrected chi connectivity index (χ4v) is 2.58. The summed E-state index contributed by atoms with van der Waals surface area (Å²) >= 11 is 0. The monoisotopic (exact) mass is 322 g/mol. The van der Waals surface area contributed by atoms with Gasteiger partial charge in [-0.15, -0.1) is 0 Å². The number of benzene rings is 1. The lowest BCUT2D eigenvalue weighted by Crippen LogP contribution is -2.25. The van der Waals surface area contributed by atoms with Gasteiger partial charge in [0.1, 0.15) is 12.2 Å². The highest BCUT2D eigenvalue weighted by Gasteiger charge is 2.12. The predicted molar refractivity (Wildman–Crippen MR) is 81.1 cm³/mol. The van der Waals surface area contributed by atoms with Crippen LogP contribution in [0.4, 0.5) is 0 Å². The third kappa shape index (κ3) is 3.70. The van der Waals surface area contributed by atoms with Crippen LogP contribution < -0.4 is 5.32 Å². The van der Waals surface area contributed by atoms with Crippen molar-refractivity contribution in [1.29, 1.82) is 0 Å². The highest BCUT2D eigenvalue weighted by molar-refractivity contribution is 7.90. The Morgan fingerprint density at radius 3 is 2.45 bits per heavy atom. The number of hydrogen-bond donors (Lipinski definition) is 1. The molecular formula is C14H18N4O3S. The first-order valence-electron chi connectivity index (χ1n) is 6.75. The van der Waals surface area contributed by atoms with Crippen LogP contribution >= 0.6 is 0 Å². The van der Waals surface area contributed by atoms with Gasteiger partial charge in [0.25, 0.3) is 5.91 Å². The van der Waals surface area contributed by atoms with Gasteiger partial charge < -0.3 is 5.32 Å². The first kappa shape index (κ1) is 16.2. The molecule has 0 fully saturated rings. The molecule has 2 aromatic rings. The standard InChI is InChI=1S/C14H18N4O3S/c1-10(2)18-13(16-9-17-18)8-15-14(19)11-4-6-12(7-5-11)22(3,20)21/h4-7,9-10H,8H2,1-3H3,(H,15,19). The second-order valence-corrected chi connectivity index (χ2v) is 7.21. The molecule has 1 aromatic carbocycles. The van der Waals surface area contributed by atoms with Gasteiger partial charge in [-0.1, -0.05) is 0 Å². The van der Waals surface area contributed by atoms with Crippen molar-refractivity contribution >= 4 is 15.7 Å². The number of nitrogens with one attached hydrogen (secondary N) is 1. The van der Waals surface area contributed by atoms with E-state index in [9.17, 15) is 13.2 Å². The molecule has 0 aliphatic heterocycles. The molecule has 1 aromatic heterocycles. The third-order valence-corrected chi connectivity index (χ3v) is 4.22. The molecule has 0 aliphatic rings. The smallest absolute Gasteiger partial charge is 0.251 e. The van der Waals surface area contributed by atoms with E-state index in [4.69, 9.17) is 0 Å². The summed E-state index contributed by atoms with van der Waals surface area (Å²) in [5, 5.41) is 6.84. The first-order chi connectivity index (χ1) is 10.3. The van der Waals surface area contributed by atoms with Gasteiger partial charge in [-0.05, 0) is 38.1 Å². The van der Waals surface area contributed by atoms with Gasteiger partial charge in [-0.3, -0.25) is 4.79 Å². The average Bonchev–Trinajstić information content (AvgIpc) is 2.92. The van der Waals surface area contributed by atoms with Crippen LogP contribution in [0.5, 0.6) is 0 Å². The lowest BCUT2D eigenvalue weighted by molar-refractivity contribution is 0.0949. The van der Waals surface area contributed by atoms with Gasteiger partial charge in [0.2, 0.25) is 0 Å². The molecule has 0 atom stereocenters. The summed E-state index contributed by atoms with van der Waals surface area (Å²) in [7, 11) is -3.26. The number of carbonyl (C=O) groups is 1. The number of hydrogen-bond acceptors (Lipinski definition) is 5. The summed E-state index contributed by atoms with van der Waals surface area (Å²) in [6, 6.07) is 5.96. The van der Waals surface area contributed by atoms with E-state index >= 15 is 0 Å². The number of rotatable bonds is 5. The molecule has 2 rings (SSSR count). The molecule has 22 heavy (non-hydrogen) atoms. The molecule has 1 heterocycles. The van der Waals surface area contributed by atoms with Gasteiger partial charge in [0.05, 0.1) is 11.4 Å². The van der Waals surface area contributed by atoms with Crippen LogP contribution in [0.1, 0.15) is 36.1 Å². The molecule has 0 saturated heterocycles. The summed E-state index contributed by atoms with van der Waals surface area (Å²) in [5.41, 5.74) is 0.392. The minimum absolute atomic E-state index is 0.156. The van der Waals surface area contributed by atoms with E-state index in [0.29, 0.717) is 11.4 Å². The summed E-state index contributed by atoms with van der Waals surface area (Å²) < 4.78 is 24.5. The van der Waals surface area contributed by atoms with Crippen LogP contribution in [-0.4, -0.2) is 35.3 Å². The maximum Gasteiger partial charge on any atom is 0.251 e. The van der Waals surface area contributed by atoms with Crippen molar-refractivity contribution in [2.45, 2.75) is 31.3 Å². The molecule has 0 aliphatic carbocycles. The Labute approximate surface area is 129 Å². The number of sulfone groups is 1. The van der Waals surface area contributed by atoms with Crippen LogP contribution in [0, 0.1) is 0 Å². The Morgan fingerprint density at radius 2 is 1.91 bits per heavy atom. The van der Waals surface area contributed by atoms with E-state index in [0.717, 1.165) is 6.26 Å². The van der Waals surface area contributed by atoms with E-state index in [-0.39, 0.29) is 23.4 Å². The molecule has 0 radical (unpaired) electrons. The Bertz CT molecular complexity index is 764. The predicted octanol–water partition coefficient (Wildman–Crippen LogP) is 1.19. The highest BCUT2D eigenvalue weighted by atomic mass is 32.2. The Hall–Kier alpha value is -2.22. The van der Waals surface area contributed by atoms with E-state index < -0.39 is 9.84 Å². The van der Waals surface area contributed by atoms with E-state index in [1.165, 1.54) is 30.6 Å². The molecular weight excluding hydrogens is 304 g/mol. The maximum atomic E-state index is 12.1. The fourth-order valence-electron chi connectivity index (χ4n) is 1.95. The van der Waals surface area contributed by atoms with Gasteiger partial charge in [0.15, 0.2) is 9.84 Å². The number of aromatic nitrogens is 3. The van der Waals surface area contributed by atoms with Crippen LogP contribution in [0.15, 0.2) is 35.5 Å². The Kier molecular flexibility index (Phi) is 4.60. The number of amides is 1. The molecule has 8 heteroatoms. The van der Waals surface area contributed by atoms with Crippen LogP contribution in [-0.2, 0) is 16.4 Å². The van der Waals surface area contributed by atoms with Crippen molar-refractivity contribution in [2.24, 2.45) is 0 Å².